The highest BCUT2D eigenvalue weighted by atomic mass is 16.3. The molecule has 0 spiro atoms. The number of furan rings is 1. The van der Waals surface area contributed by atoms with E-state index in [0.717, 1.165) is 78.0 Å². The monoisotopic (exact) mass is 637 g/mol. The summed E-state index contributed by atoms with van der Waals surface area (Å²) in [5.74, 6) is 0.662. The minimum absolute atomic E-state index is 0.662. The van der Waals surface area contributed by atoms with Crippen LogP contribution in [-0.4, -0.2) is 14.5 Å². The number of fused-ring (bicyclic) bond motifs is 12. The van der Waals surface area contributed by atoms with E-state index in [1.165, 1.54) is 21.8 Å². The van der Waals surface area contributed by atoms with E-state index in [1.807, 2.05) is 18.2 Å². The van der Waals surface area contributed by atoms with Gasteiger partial charge >= 0.3 is 0 Å². The molecular formula is C46H27N3O. The summed E-state index contributed by atoms with van der Waals surface area (Å²) in [7, 11) is 0. The minimum atomic E-state index is 0.662. The van der Waals surface area contributed by atoms with Gasteiger partial charge in [0.05, 0.1) is 28.1 Å². The van der Waals surface area contributed by atoms with Gasteiger partial charge in [-0.05, 0) is 35.9 Å². The van der Waals surface area contributed by atoms with Crippen LogP contribution in [-0.2, 0) is 0 Å². The van der Waals surface area contributed by atoms with Crippen molar-refractivity contribution in [2.75, 3.05) is 0 Å². The van der Waals surface area contributed by atoms with Crippen molar-refractivity contribution in [3.63, 3.8) is 0 Å². The Kier molecular flexibility index (Phi) is 5.63. The summed E-state index contributed by atoms with van der Waals surface area (Å²) in [4.78, 5) is 10.6. The number of rotatable bonds is 3. The molecule has 0 unspecified atom stereocenters. The van der Waals surface area contributed by atoms with Gasteiger partial charge < -0.3 is 8.98 Å². The zero-order chi connectivity index (χ0) is 32.8. The van der Waals surface area contributed by atoms with Crippen LogP contribution in [0.3, 0.4) is 0 Å². The van der Waals surface area contributed by atoms with Crippen molar-refractivity contribution in [1.29, 1.82) is 0 Å². The fraction of sp³-hybridized carbons (Fsp3) is 0. The Morgan fingerprint density at radius 1 is 0.460 bits per heavy atom. The maximum absolute atomic E-state index is 6.97. The van der Waals surface area contributed by atoms with E-state index >= 15 is 0 Å². The van der Waals surface area contributed by atoms with Crippen LogP contribution < -0.4 is 0 Å². The van der Waals surface area contributed by atoms with Gasteiger partial charge in [0, 0.05) is 54.9 Å². The first-order valence-corrected chi connectivity index (χ1v) is 16.9. The molecule has 0 fully saturated rings. The van der Waals surface area contributed by atoms with Gasteiger partial charge in [0.1, 0.15) is 11.2 Å². The maximum atomic E-state index is 6.97. The van der Waals surface area contributed by atoms with Gasteiger partial charge in [-0.3, -0.25) is 0 Å². The van der Waals surface area contributed by atoms with Gasteiger partial charge in [-0.1, -0.05) is 133 Å². The van der Waals surface area contributed by atoms with Crippen molar-refractivity contribution in [1.82, 2.24) is 14.5 Å². The molecule has 0 bridgehead atoms. The maximum Gasteiger partial charge on any atom is 0.161 e. The van der Waals surface area contributed by atoms with Crippen molar-refractivity contribution in [3.05, 3.63) is 164 Å². The Hall–Kier alpha value is -6.78. The summed E-state index contributed by atoms with van der Waals surface area (Å²) < 4.78 is 9.40. The molecule has 7 aromatic carbocycles. The molecule has 10 aromatic rings. The molecule has 232 valence electrons. The second-order valence-corrected chi connectivity index (χ2v) is 12.9. The second kappa shape index (κ2) is 10.4. The molecule has 1 aliphatic heterocycles. The smallest absolute Gasteiger partial charge is 0.161 e. The van der Waals surface area contributed by atoms with Crippen LogP contribution in [0.15, 0.2) is 168 Å². The molecule has 0 amide bonds. The molecule has 0 N–H and O–H groups in total. The Morgan fingerprint density at radius 2 is 1.08 bits per heavy atom. The molecule has 0 radical (unpaired) electrons. The van der Waals surface area contributed by atoms with E-state index in [2.05, 4.69) is 150 Å². The second-order valence-electron chi connectivity index (χ2n) is 12.9. The molecule has 0 atom stereocenters. The summed E-state index contributed by atoms with van der Waals surface area (Å²) in [6, 6.07) is 57.5. The lowest BCUT2D eigenvalue weighted by molar-refractivity contribution is 0.670. The van der Waals surface area contributed by atoms with E-state index in [4.69, 9.17) is 14.4 Å². The topological polar surface area (TPSA) is 43.9 Å². The van der Waals surface area contributed by atoms with Crippen LogP contribution in [0.2, 0.25) is 0 Å². The third-order valence-corrected chi connectivity index (χ3v) is 10.2. The lowest BCUT2D eigenvalue weighted by atomic mass is 9.89. The Morgan fingerprint density at radius 3 is 1.86 bits per heavy atom. The van der Waals surface area contributed by atoms with Gasteiger partial charge in [0.25, 0.3) is 0 Å². The van der Waals surface area contributed by atoms with E-state index in [9.17, 15) is 0 Å². The molecule has 0 saturated carbocycles. The zero-order valence-electron chi connectivity index (χ0n) is 26.8. The summed E-state index contributed by atoms with van der Waals surface area (Å²) in [6.07, 6.45) is 0. The summed E-state index contributed by atoms with van der Waals surface area (Å²) >= 11 is 0. The van der Waals surface area contributed by atoms with Crippen LogP contribution >= 0.6 is 0 Å². The fourth-order valence-corrected chi connectivity index (χ4v) is 8.00. The number of para-hydroxylation sites is 4. The van der Waals surface area contributed by atoms with E-state index in [0.29, 0.717) is 5.82 Å². The number of benzene rings is 7. The highest BCUT2D eigenvalue weighted by Gasteiger charge is 2.30. The van der Waals surface area contributed by atoms with E-state index in [-0.39, 0.29) is 0 Å². The molecule has 0 saturated heterocycles. The van der Waals surface area contributed by atoms with Crippen LogP contribution in [0.25, 0.3) is 106 Å². The van der Waals surface area contributed by atoms with Crippen LogP contribution in [0.1, 0.15) is 0 Å². The summed E-state index contributed by atoms with van der Waals surface area (Å²) in [5.41, 5.74) is 14.4. The average molecular weight is 638 g/mol. The fourth-order valence-electron chi connectivity index (χ4n) is 8.00. The molecule has 4 heteroatoms. The number of aromatic nitrogens is 3. The molecule has 50 heavy (non-hydrogen) atoms. The van der Waals surface area contributed by atoms with Gasteiger partial charge in [-0.2, -0.15) is 0 Å². The van der Waals surface area contributed by atoms with Crippen molar-refractivity contribution in [2.24, 2.45) is 0 Å². The lowest BCUT2D eigenvalue weighted by Gasteiger charge is -2.16. The van der Waals surface area contributed by atoms with Crippen LogP contribution in [0.5, 0.6) is 0 Å². The summed E-state index contributed by atoms with van der Waals surface area (Å²) in [6.45, 7) is 0. The zero-order valence-corrected chi connectivity index (χ0v) is 26.8. The molecule has 1 aliphatic rings. The van der Waals surface area contributed by atoms with Crippen molar-refractivity contribution in [3.8, 4) is 61.8 Å². The van der Waals surface area contributed by atoms with Gasteiger partial charge in [-0.15, -0.1) is 0 Å². The minimum Gasteiger partial charge on any atom is -0.455 e. The van der Waals surface area contributed by atoms with Crippen molar-refractivity contribution in [2.45, 2.75) is 0 Å². The lowest BCUT2D eigenvalue weighted by Crippen LogP contribution is -1.98. The van der Waals surface area contributed by atoms with E-state index in [1.54, 1.807) is 0 Å². The highest BCUT2D eigenvalue weighted by Crippen LogP contribution is 2.52. The first-order valence-electron chi connectivity index (χ1n) is 16.9. The predicted molar refractivity (Wildman–Crippen MR) is 204 cm³/mol. The Bertz CT molecular complexity index is 2910. The molecule has 4 nitrogen and oxygen atoms in total. The predicted octanol–water partition coefficient (Wildman–Crippen LogP) is 12.1. The normalized spacial score (nSPS) is 12.0. The van der Waals surface area contributed by atoms with Crippen molar-refractivity contribution >= 4 is 43.7 Å². The van der Waals surface area contributed by atoms with Gasteiger partial charge in [0.15, 0.2) is 5.82 Å². The molecule has 3 aromatic heterocycles. The largest absolute Gasteiger partial charge is 0.455 e. The number of nitrogens with zero attached hydrogens (tertiary/aromatic N) is 3. The first kappa shape index (κ1) is 27.2. The standard InChI is InChI=1S/C46H27N3O/c1-3-14-28(15-4-1)37-27-38(29-16-5-2-6-17-29)48-46(47-37)36-26-35-31-19-8-11-24-40(31)49-39-23-10-7-18-30(39)32-21-13-22-34(44(32)49)43(35)45-42(36)33-20-9-12-25-41(33)50-45/h1-27H. The molecule has 4 heterocycles. The number of hydrogen-bond donors (Lipinski definition) is 0. The van der Waals surface area contributed by atoms with Gasteiger partial charge in [0.2, 0.25) is 0 Å². The third kappa shape index (κ3) is 3.81. The van der Waals surface area contributed by atoms with Crippen molar-refractivity contribution < 1.29 is 4.42 Å². The van der Waals surface area contributed by atoms with Crippen LogP contribution in [0.4, 0.5) is 0 Å². The Labute approximate surface area is 287 Å². The molecule has 0 aliphatic carbocycles. The Balaban J connectivity index is 1.32. The summed E-state index contributed by atoms with van der Waals surface area (Å²) in [5, 5.41) is 4.52. The van der Waals surface area contributed by atoms with E-state index < -0.39 is 0 Å². The first-order chi connectivity index (χ1) is 24.8. The highest BCUT2D eigenvalue weighted by molar-refractivity contribution is 6.23. The quantitative estimate of drug-likeness (QED) is 0.194. The van der Waals surface area contributed by atoms with Crippen LogP contribution in [0, 0.1) is 0 Å². The molecule has 11 rings (SSSR count). The third-order valence-electron chi connectivity index (χ3n) is 10.2. The SMILES string of the molecule is c1ccc(-c2cc(-c3ccccc3)nc(-c3cc4c(c5oc6ccccc6c35)-c3cccc5c6ccccc6n(c35)-c3ccccc3-4)n2)cc1. The molecular weight excluding hydrogens is 611 g/mol. The van der Waals surface area contributed by atoms with Gasteiger partial charge in [-0.25, -0.2) is 9.97 Å². The average Bonchev–Trinajstić information content (AvgIpc) is 3.70. The number of hydrogen-bond acceptors (Lipinski definition) is 3.